The van der Waals surface area contributed by atoms with Crippen molar-refractivity contribution in [3.63, 3.8) is 0 Å². The second kappa shape index (κ2) is 15.0. The molecule has 2 rings (SSSR count). The number of halogens is 1. The first-order chi connectivity index (χ1) is 8.86. The van der Waals surface area contributed by atoms with E-state index in [1.165, 1.54) is 11.1 Å². The Morgan fingerprint density at radius 1 is 0.650 bits per heavy atom. The first-order valence-corrected chi connectivity index (χ1v) is 6.06. The van der Waals surface area contributed by atoms with Crippen molar-refractivity contribution in [1.29, 1.82) is 0 Å². The minimum Gasteiger partial charge on any atom is -1.00 e. The molecule has 0 unspecified atom stereocenters. The quantitative estimate of drug-likeness (QED) is 0.738. The van der Waals surface area contributed by atoms with Crippen LogP contribution in [0.25, 0.3) is 10.6 Å². The summed E-state index contributed by atoms with van der Waals surface area (Å²) in [5, 5.41) is 8.01. The number of nitrogens with zero attached hydrogens (tertiary/aromatic N) is 2. The average molecular weight is 404 g/mol. The fourth-order valence-corrected chi connectivity index (χ4v) is 1.53. The molecule has 0 aliphatic carbocycles. The SMILES string of the molecule is C[N-]Cc1ccccc1.C[N-]Cc1ccccc1.[F-].[Nd+3]. The van der Waals surface area contributed by atoms with E-state index in [1.807, 2.05) is 50.5 Å². The molecule has 0 atom stereocenters. The van der Waals surface area contributed by atoms with Crippen LogP contribution in [-0.2, 0) is 13.1 Å². The summed E-state index contributed by atoms with van der Waals surface area (Å²) in [5.41, 5.74) is 2.56. The van der Waals surface area contributed by atoms with Crippen molar-refractivity contribution >= 4 is 0 Å². The van der Waals surface area contributed by atoms with Crippen LogP contribution < -0.4 is 4.70 Å². The standard InChI is InChI=1S/2C8H10N.FH.Nd/c2*1-9-7-8-5-3-2-4-6-8;;/h2*2-6H,7H2,1H3;1H;/q2*-1;;+3/p-1. The van der Waals surface area contributed by atoms with Gasteiger partial charge in [0.05, 0.1) is 0 Å². The monoisotopic (exact) mass is 401 g/mol. The van der Waals surface area contributed by atoms with Gasteiger partial charge in [0.1, 0.15) is 0 Å². The van der Waals surface area contributed by atoms with Crippen LogP contribution in [0.15, 0.2) is 60.7 Å². The minimum atomic E-state index is 0. The van der Waals surface area contributed by atoms with Gasteiger partial charge in [0.25, 0.3) is 0 Å². The zero-order chi connectivity index (χ0) is 13.1. The Labute approximate surface area is 154 Å². The number of rotatable bonds is 4. The van der Waals surface area contributed by atoms with E-state index in [9.17, 15) is 0 Å². The first-order valence-electron chi connectivity index (χ1n) is 6.06. The van der Waals surface area contributed by atoms with Gasteiger partial charge >= 0.3 is 40.8 Å². The molecule has 0 aliphatic heterocycles. The van der Waals surface area contributed by atoms with Crippen molar-refractivity contribution in [1.82, 2.24) is 0 Å². The second-order valence-electron chi connectivity index (χ2n) is 3.92. The molecule has 0 aliphatic rings. The van der Waals surface area contributed by atoms with Crippen molar-refractivity contribution in [2.75, 3.05) is 14.1 Å². The van der Waals surface area contributed by atoms with Crippen LogP contribution in [0.2, 0.25) is 0 Å². The van der Waals surface area contributed by atoms with E-state index in [0.29, 0.717) is 0 Å². The Kier molecular flexibility index (Phi) is 16.5. The molecule has 20 heavy (non-hydrogen) atoms. The molecule has 0 fully saturated rings. The summed E-state index contributed by atoms with van der Waals surface area (Å²) in [7, 11) is 3.65. The molecule has 0 aromatic heterocycles. The van der Waals surface area contributed by atoms with Crippen molar-refractivity contribution in [2.24, 2.45) is 0 Å². The molecule has 0 amide bonds. The van der Waals surface area contributed by atoms with Gasteiger partial charge in [-0.15, -0.1) is 13.1 Å². The fraction of sp³-hybridized carbons (Fsp3) is 0.250. The molecule has 0 bridgehead atoms. The van der Waals surface area contributed by atoms with Crippen LogP contribution in [0.3, 0.4) is 0 Å². The molecule has 0 spiro atoms. The van der Waals surface area contributed by atoms with Crippen molar-refractivity contribution in [2.45, 2.75) is 13.1 Å². The van der Waals surface area contributed by atoms with Gasteiger partial charge in [-0.25, -0.2) is 0 Å². The van der Waals surface area contributed by atoms with Crippen LogP contribution in [-0.4, -0.2) is 14.1 Å². The Hall–Kier alpha value is -0.359. The summed E-state index contributed by atoms with van der Waals surface area (Å²) in [6, 6.07) is 20.4. The predicted octanol–water partition coefficient (Wildman–Crippen LogP) is 1.38. The third-order valence-corrected chi connectivity index (χ3v) is 2.37. The van der Waals surface area contributed by atoms with Crippen LogP contribution in [0.4, 0.5) is 0 Å². The largest absolute Gasteiger partial charge is 3.00 e. The van der Waals surface area contributed by atoms with Gasteiger partial charge in [0.2, 0.25) is 0 Å². The Bertz CT molecular complexity index is 368. The number of hydrogen-bond acceptors (Lipinski definition) is 0. The molecule has 1 radical (unpaired) electrons. The third kappa shape index (κ3) is 10.4. The maximum absolute atomic E-state index is 4.01. The van der Waals surface area contributed by atoms with E-state index in [2.05, 4.69) is 34.9 Å². The van der Waals surface area contributed by atoms with Crippen LogP contribution in [0.1, 0.15) is 11.1 Å². The molecule has 4 heteroatoms. The van der Waals surface area contributed by atoms with Crippen LogP contribution in [0.5, 0.6) is 0 Å². The summed E-state index contributed by atoms with van der Waals surface area (Å²) in [5.74, 6) is 0. The molecule has 105 valence electrons. The van der Waals surface area contributed by atoms with Gasteiger partial charge in [-0.3, -0.25) is 0 Å². The predicted molar refractivity (Wildman–Crippen MR) is 78.9 cm³/mol. The van der Waals surface area contributed by atoms with E-state index >= 15 is 0 Å². The van der Waals surface area contributed by atoms with Crippen LogP contribution in [0, 0.1) is 40.8 Å². The van der Waals surface area contributed by atoms with E-state index < -0.39 is 0 Å². The molecule has 0 N–H and O–H groups in total. The summed E-state index contributed by atoms with van der Waals surface area (Å²) < 4.78 is 0. The van der Waals surface area contributed by atoms with Crippen molar-refractivity contribution in [3.8, 4) is 0 Å². The van der Waals surface area contributed by atoms with Gasteiger partial charge < -0.3 is 15.3 Å². The average Bonchev–Trinajstić information content (AvgIpc) is 2.43. The first kappa shape index (κ1) is 21.9. The topological polar surface area (TPSA) is 28.2 Å². The zero-order valence-corrected chi connectivity index (χ0v) is 15.2. The molecule has 0 saturated heterocycles. The Morgan fingerprint density at radius 3 is 1.20 bits per heavy atom. The van der Waals surface area contributed by atoms with Gasteiger partial charge in [-0.05, 0) is 0 Å². The van der Waals surface area contributed by atoms with Crippen molar-refractivity contribution in [3.05, 3.63) is 82.4 Å². The normalized spacial score (nSPS) is 8.50. The van der Waals surface area contributed by atoms with Gasteiger partial charge in [-0.1, -0.05) is 71.8 Å². The van der Waals surface area contributed by atoms with Gasteiger partial charge in [-0.2, -0.15) is 14.1 Å². The van der Waals surface area contributed by atoms with Gasteiger partial charge in [0.15, 0.2) is 0 Å². The van der Waals surface area contributed by atoms with Gasteiger partial charge in [0, 0.05) is 0 Å². The molecular weight excluding hydrogens is 383 g/mol. The Balaban J connectivity index is 0. The summed E-state index contributed by atoms with van der Waals surface area (Å²) in [6.07, 6.45) is 0. The molecule has 2 aromatic carbocycles. The van der Waals surface area contributed by atoms with Crippen molar-refractivity contribution < 1.29 is 45.5 Å². The second-order valence-corrected chi connectivity index (χ2v) is 3.92. The molecule has 2 nitrogen and oxygen atoms in total. The third-order valence-electron chi connectivity index (χ3n) is 2.37. The maximum atomic E-state index is 4.01. The summed E-state index contributed by atoms with van der Waals surface area (Å²) in [4.78, 5) is 0. The summed E-state index contributed by atoms with van der Waals surface area (Å²) in [6.45, 7) is 1.67. The van der Waals surface area contributed by atoms with E-state index in [-0.39, 0.29) is 45.5 Å². The number of hydrogen-bond donors (Lipinski definition) is 0. The van der Waals surface area contributed by atoms with Crippen LogP contribution >= 0.6 is 0 Å². The molecule has 0 saturated carbocycles. The fourth-order valence-electron chi connectivity index (χ4n) is 1.53. The zero-order valence-electron chi connectivity index (χ0n) is 12.0. The van der Waals surface area contributed by atoms with E-state index in [0.717, 1.165) is 13.1 Å². The molecule has 2 aromatic rings. The summed E-state index contributed by atoms with van der Waals surface area (Å²) >= 11 is 0. The molecule has 0 heterocycles. The molecular formula is C16H20FN2Nd. The Morgan fingerprint density at radius 2 is 0.950 bits per heavy atom. The smallest absolute Gasteiger partial charge is 1.00 e. The van der Waals surface area contributed by atoms with E-state index in [1.54, 1.807) is 0 Å². The van der Waals surface area contributed by atoms with E-state index in [4.69, 9.17) is 0 Å². The minimum absolute atomic E-state index is 0. The maximum Gasteiger partial charge on any atom is 3.00 e. The number of benzene rings is 2.